The first-order valence-electron chi connectivity index (χ1n) is 7.63. The lowest BCUT2D eigenvalue weighted by Crippen LogP contribution is -2.53. The van der Waals surface area contributed by atoms with Crippen molar-refractivity contribution >= 4 is 6.03 Å². The van der Waals surface area contributed by atoms with E-state index in [0.29, 0.717) is 6.54 Å². The summed E-state index contributed by atoms with van der Waals surface area (Å²) in [5.74, 6) is 0. The average Bonchev–Trinajstić information content (AvgIpc) is 3.32. The molecule has 2 fully saturated rings. The van der Waals surface area contributed by atoms with Gasteiger partial charge in [-0.05, 0) is 25.3 Å². The Morgan fingerprint density at radius 1 is 1.25 bits per heavy atom. The van der Waals surface area contributed by atoms with Gasteiger partial charge in [-0.3, -0.25) is 4.90 Å². The van der Waals surface area contributed by atoms with Crippen LogP contribution in [0.5, 0.6) is 0 Å². The molecule has 0 spiro atoms. The van der Waals surface area contributed by atoms with Crippen molar-refractivity contribution in [3.05, 3.63) is 35.9 Å². The zero-order valence-electron chi connectivity index (χ0n) is 12.1. The number of hydrogen-bond acceptors (Lipinski definition) is 2. The number of nitrogens with one attached hydrogen (secondary N) is 1. The Kier molecular flexibility index (Phi) is 3.92. The molecule has 1 unspecified atom stereocenters. The molecule has 1 atom stereocenters. The molecule has 0 radical (unpaired) electrons. The zero-order chi connectivity index (χ0) is 13.9. The summed E-state index contributed by atoms with van der Waals surface area (Å²) in [6.07, 6.45) is 2.64. The molecule has 0 bridgehead atoms. The molecule has 1 heterocycles. The molecule has 108 valence electrons. The van der Waals surface area contributed by atoms with Gasteiger partial charge in [0.2, 0.25) is 0 Å². The van der Waals surface area contributed by atoms with Crippen LogP contribution >= 0.6 is 0 Å². The predicted molar refractivity (Wildman–Crippen MR) is 79.6 cm³/mol. The third-order valence-electron chi connectivity index (χ3n) is 4.25. The van der Waals surface area contributed by atoms with E-state index in [9.17, 15) is 4.79 Å². The third-order valence-corrected chi connectivity index (χ3v) is 4.25. The molecule has 1 saturated heterocycles. The van der Waals surface area contributed by atoms with Gasteiger partial charge in [0, 0.05) is 32.2 Å². The van der Waals surface area contributed by atoms with Crippen molar-refractivity contribution in [2.75, 3.05) is 26.2 Å². The molecular formula is C16H23N3O. The van der Waals surface area contributed by atoms with Crippen LogP contribution in [-0.2, 0) is 0 Å². The summed E-state index contributed by atoms with van der Waals surface area (Å²) < 4.78 is 0. The van der Waals surface area contributed by atoms with Crippen LogP contribution in [0.15, 0.2) is 30.3 Å². The molecule has 0 aromatic heterocycles. The lowest BCUT2D eigenvalue weighted by molar-refractivity contribution is 0.0895. The van der Waals surface area contributed by atoms with Crippen LogP contribution in [0.2, 0.25) is 0 Å². The fraction of sp³-hybridized carbons (Fsp3) is 0.562. The Morgan fingerprint density at radius 3 is 2.65 bits per heavy atom. The number of benzene rings is 1. The highest BCUT2D eigenvalue weighted by Crippen LogP contribution is 2.33. The summed E-state index contributed by atoms with van der Waals surface area (Å²) in [5, 5.41) is 2.94. The van der Waals surface area contributed by atoms with Gasteiger partial charge < -0.3 is 10.2 Å². The first kappa shape index (κ1) is 13.4. The minimum atomic E-state index is 0.0665. The largest absolute Gasteiger partial charge is 0.338 e. The van der Waals surface area contributed by atoms with E-state index in [1.54, 1.807) is 0 Å². The molecule has 1 aromatic rings. The second-order valence-corrected chi connectivity index (χ2v) is 5.68. The van der Waals surface area contributed by atoms with Gasteiger partial charge >= 0.3 is 6.03 Å². The Morgan fingerprint density at radius 2 is 2.00 bits per heavy atom. The van der Waals surface area contributed by atoms with Gasteiger partial charge in [0.05, 0.1) is 6.04 Å². The van der Waals surface area contributed by atoms with Crippen LogP contribution in [0.25, 0.3) is 0 Å². The molecular weight excluding hydrogens is 250 g/mol. The standard InChI is InChI=1S/C16H23N3O/c1-2-17-16(20)19-11-10-18(14-8-9-14)12-15(19)13-6-4-3-5-7-13/h3-7,14-15H,2,8-12H2,1H3,(H,17,20). The average molecular weight is 273 g/mol. The predicted octanol–water partition coefficient (Wildman–Crippen LogP) is 2.24. The summed E-state index contributed by atoms with van der Waals surface area (Å²) in [6, 6.07) is 11.4. The molecule has 20 heavy (non-hydrogen) atoms. The Labute approximate surface area is 120 Å². The van der Waals surface area contributed by atoms with Gasteiger partial charge in [-0.2, -0.15) is 0 Å². The van der Waals surface area contributed by atoms with Crippen LogP contribution < -0.4 is 5.32 Å². The molecule has 4 nitrogen and oxygen atoms in total. The number of rotatable bonds is 3. The summed E-state index contributed by atoms with van der Waals surface area (Å²) in [7, 11) is 0. The molecule has 1 saturated carbocycles. The van der Waals surface area contributed by atoms with E-state index in [2.05, 4.69) is 34.5 Å². The molecule has 1 aliphatic carbocycles. The van der Waals surface area contributed by atoms with Crippen molar-refractivity contribution < 1.29 is 4.79 Å². The highest BCUT2D eigenvalue weighted by molar-refractivity contribution is 5.75. The van der Waals surface area contributed by atoms with E-state index < -0.39 is 0 Å². The first-order chi connectivity index (χ1) is 9.79. The maximum Gasteiger partial charge on any atom is 0.317 e. The third kappa shape index (κ3) is 2.80. The summed E-state index contributed by atoms with van der Waals surface area (Å²) in [4.78, 5) is 16.8. The van der Waals surface area contributed by atoms with E-state index in [4.69, 9.17) is 0 Å². The monoisotopic (exact) mass is 273 g/mol. The fourth-order valence-electron chi connectivity index (χ4n) is 3.03. The van der Waals surface area contributed by atoms with Crippen LogP contribution in [0.1, 0.15) is 31.4 Å². The topological polar surface area (TPSA) is 35.6 Å². The van der Waals surface area contributed by atoms with Crippen LogP contribution in [-0.4, -0.2) is 48.1 Å². The Bertz CT molecular complexity index is 458. The number of carbonyl (C=O) groups excluding carboxylic acids is 1. The second kappa shape index (κ2) is 5.83. The number of hydrogen-bond donors (Lipinski definition) is 1. The lowest BCUT2D eigenvalue weighted by Gasteiger charge is -2.41. The van der Waals surface area contributed by atoms with Crippen LogP contribution in [0.3, 0.4) is 0 Å². The number of urea groups is 1. The number of carbonyl (C=O) groups is 1. The SMILES string of the molecule is CCNC(=O)N1CCN(C2CC2)CC1c1ccccc1. The maximum absolute atomic E-state index is 12.3. The van der Waals surface area contributed by atoms with Crippen molar-refractivity contribution in [2.45, 2.75) is 31.8 Å². The highest BCUT2D eigenvalue weighted by atomic mass is 16.2. The molecule has 2 amide bonds. The van der Waals surface area contributed by atoms with Gasteiger partial charge in [0.15, 0.2) is 0 Å². The minimum absolute atomic E-state index is 0.0665. The number of nitrogens with zero attached hydrogens (tertiary/aromatic N) is 2. The quantitative estimate of drug-likeness (QED) is 0.916. The van der Waals surface area contributed by atoms with E-state index in [1.807, 2.05) is 17.9 Å². The number of piperazine rings is 1. The molecule has 4 heteroatoms. The van der Waals surface area contributed by atoms with Crippen molar-refractivity contribution in [1.29, 1.82) is 0 Å². The van der Waals surface area contributed by atoms with Crippen molar-refractivity contribution in [3.8, 4) is 0 Å². The molecule has 1 aromatic carbocycles. The van der Waals surface area contributed by atoms with Gasteiger partial charge in [-0.25, -0.2) is 4.79 Å². The fourth-order valence-corrected chi connectivity index (χ4v) is 3.03. The van der Waals surface area contributed by atoms with Gasteiger partial charge in [0.1, 0.15) is 0 Å². The van der Waals surface area contributed by atoms with Crippen LogP contribution in [0.4, 0.5) is 4.79 Å². The number of amides is 2. The van der Waals surface area contributed by atoms with Gasteiger partial charge in [0.25, 0.3) is 0 Å². The van der Waals surface area contributed by atoms with E-state index in [1.165, 1.54) is 18.4 Å². The summed E-state index contributed by atoms with van der Waals surface area (Å²) in [5.41, 5.74) is 1.24. The van der Waals surface area contributed by atoms with Gasteiger partial charge in [-0.1, -0.05) is 30.3 Å². The zero-order valence-corrected chi connectivity index (χ0v) is 12.1. The molecule has 1 N–H and O–H groups in total. The minimum Gasteiger partial charge on any atom is -0.338 e. The maximum atomic E-state index is 12.3. The highest BCUT2D eigenvalue weighted by Gasteiger charge is 2.37. The molecule has 1 aliphatic heterocycles. The van der Waals surface area contributed by atoms with Crippen molar-refractivity contribution in [2.24, 2.45) is 0 Å². The normalized spacial score (nSPS) is 23.6. The Balaban J connectivity index is 1.79. The Hall–Kier alpha value is -1.55. The van der Waals surface area contributed by atoms with E-state index in [-0.39, 0.29) is 12.1 Å². The van der Waals surface area contributed by atoms with Crippen molar-refractivity contribution in [3.63, 3.8) is 0 Å². The smallest absolute Gasteiger partial charge is 0.317 e. The second-order valence-electron chi connectivity index (χ2n) is 5.68. The lowest BCUT2D eigenvalue weighted by atomic mass is 10.0. The summed E-state index contributed by atoms with van der Waals surface area (Å²) in [6.45, 7) is 5.44. The van der Waals surface area contributed by atoms with Gasteiger partial charge in [-0.15, -0.1) is 0 Å². The van der Waals surface area contributed by atoms with Crippen LogP contribution in [0, 0.1) is 0 Å². The first-order valence-corrected chi connectivity index (χ1v) is 7.63. The van der Waals surface area contributed by atoms with E-state index in [0.717, 1.165) is 25.7 Å². The molecule has 2 aliphatic rings. The van der Waals surface area contributed by atoms with E-state index >= 15 is 0 Å². The summed E-state index contributed by atoms with van der Waals surface area (Å²) >= 11 is 0. The molecule has 3 rings (SSSR count). The van der Waals surface area contributed by atoms with Crippen molar-refractivity contribution in [1.82, 2.24) is 15.1 Å².